The predicted molar refractivity (Wildman–Crippen MR) is 54.7 cm³/mol. The summed E-state index contributed by atoms with van der Waals surface area (Å²) in [6, 6.07) is 0. The van der Waals surface area contributed by atoms with Crippen LogP contribution in [-0.4, -0.2) is 22.9 Å². The number of aryl methyl sites for hydroxylation is 2. The Morgan fingerprint density at radius 1 is 1.46 bits per heavy atom. The van der Waals surface area contributed by atoms with Crippen LogP contribution in [0.5, 0.6) is 0 Å². The Kier molecular flexibility index (Phi) is 4.54. The second-order valence-corrected chi connectivity index (χ2v) is 3.33. The van der Waals surface area contributed by atoms with Crippen molar-refractivity contribution in [2.24, 2.45) is 7.05 Å². The molecule has 0 unspecified atom stereocenters. The van der Waals surface area contributed by atoms with Gasteiger partial charge in [-0.05, 0) is 37.9 Å². The molecule has 0 saturated heterocycles. The summed E-state index contributed by atoms with van der Waals surface area (Å²) in [5.74, 6) is 0. The number of hydrogen-bond acceptors (Lipinski definition) is 2. The van der Waals surface area contributed by atoms with Gasteiger partial charge in [0.05, 0.1) is 6.20 Å². The van der Waals surface area contributed by atoms with E-state index in [1.807, 2.05) is 17.9 Å². The van der Waals surface area contributed by atoms with Gasteiger partial charge in [-0.15, -0.1) is 0 Å². The average Bonchev–Trinajstić information content (AvgIpc) is 2.51. The first-order valence-electron chi connectivity index (χ1n) is 5.01. The van der Waals surface area contributed by atoms with Gasteiger partial charge in [0.1, 0.15) is 0 Å². The maximum Gasteiger partial charge on any atom is 0.0521 e. The van der Waals surface area contributed by atoms with Crippen LogP contribution in [0.2, 0.25) is 0 Å². The van der Waals surface area contributed by atoms with Gasteiger partial charge >= 0.3 is 0 Å². The zero-order chi connectivity index (χ0) is 9.52. The molecule has 1 aromatic rings. The van der Waals surface area contributed by atoms with Crippen molar-refractivity contribution in [3.63, 3.8) is 0 Å². The van der Waals surface area contributed by atoms with E-state index in [1.165, 1.54) is 18.4 Å². The minimum Gasteiger partial charge on any atom is -0.317 e. The average molecular weight is 181 g/mol. The molecule has 0 spiro atoms. The molecule has 0 aromatic carbocycles. The van der Waals surface area contributed by atoms with Gasteiger partial charge in [-0.25, -0.2) is 0 Å². The molecule has 13 heavy (non-hydrogen) atoms. The van der Waals surface area contributed by atoms with E-state index in [0.29, 0.717) is 0 Å². The fourth-order valence-corrected chi connectivity index (χ4v) is 1.36. The Hall–Kier alpha value is -0.830. The normalized spacial score (nSPS) is 10.6. The first kappa shape index (κ1) is 10.3. The van der Waals surface area contributed by atoms with Gasteiger partial charge < -0.3 is 5.32 Å². The van der Waals surface area contributed by atoms with Crippen molar-refractivity contribution in [3.05, 3.63) is 18.0 Å². The molecule has 0 saturated carbocycles. The molecule has 0 bridgehead atoms. The molecule has 0 aliphatic carbocycles. The van der Waals surface area contributed by atoms with E-state index in [-0.39, 0.29) is 0 Å². The standard InChI is InChI=1S/C10H19N3/c1-3-11-7-5-4-6-10-8-12-13(2)9-10/h8-9,11H,3-7H2,1-2H3. The van der Waals surface area contributed by atoms with Crippen LogP contribution >= 0.6 is 0 Å². The number of hydrogen-bond donors (Lipinski definition) is 1. The van der Waals surface area contributed by atoms with E-state index in [4.69, 9.17) is 0 Å². The third-order valence-electron chi connectivity index (χ3n) is 2.08. The van der Waals surface area contributed by atoms with Gasteiger partial charge in [0, 0.05) is 13.2 Å². The van der Waals surface area contributed by atoms with Crippen LogP contribution < -0.4 is 5.32 Å². The minimum absolute atomic E-state index is 1.08. The summed E-state index contributed by atoms with van der Waals surface area (Å²) in [7, 11) is 1.96. The van der Waals surface area contributed by atoms with Crippen molar-refractivity contribution in [2.75, 3.05) is 13.1 Å². The summed E-state index contributed by atoms with van der Waals surface area (Å²) in [5.41, 5.74) is 1.35. The smallest absolute Gasteiger partial charge is 0.0521 e. The number of unbranched alkanes of at least 4 members (excludes halogenated alkanes) is 1. The number of aromatic nitrogens is 2. The highest BCUT2D eigenvalue weighted by atomic mass is 15.2. The molecule has 0 aliphatic rings. The number of nitrogens with zero attached hydrogens (tertiary/aromatic N) is 2. The number of nitrogens with one attached hydrogen (secondary N) is 1. The summed E-state index contributed by atoms with van der Waals surface area (Å²) in [5, 5.41) is 7.45. The predicted octanol–water partition coefficient (Wildman–Crippen LogP) is 1.35. The molecule has 3 nitrogen and oxygen atoms in total. The quantitative estimate of drug-likeness (QED) is 0.671. The van der Waals surface area contributed by atoms with E-state index in [1.54, 1.807) is 0 Å². The molecule has 0 fully saturated rings. The summed E-state index contributed by atoms with van der Waals surface area (Å²) in [6.45, 7) is 4.35. The van der Waals surface area contributed by atoms with E-state index in [2.05, 4.69) is 23.5 Å². The lowest BCUT2D eigenvalue weighted by molar-refractivity contribution is 0.640. The van der Waals surface area contributed by atoms with Crippen LogP contribution in [-0.2, 0) is 13.5 Å². The van der Waals surface area contributed by atoms with E-state index in [0.717, 1.165) is 19.5 Å². The molecular weight excluding hydrogens is 162 g/mol. The largest absolute Gasteiger partial charge is 0.317 e. The Morgan fingerprint density at radius 2 is 2.31 bits per heavy atom. The lowest BCUT2D eigenvalue weighted by Crippen LogP contribution is -2.13. The summed E-state index contributed by atoms with van der Waals surface area (Å²) >= 11 is 0. The molecule has 0 atom stereocenters. The number of rotatable bonds is 6. The van der Waals surface area contributed by atoms with Crippen LogP contribution in [0.15, 0.2) is 12.4 Å². The zero-order valence-corrected chi connectivity index (χ0v) is 8.58. The van der Waals surface area contributed by atoms with Crippen LogP contribution in [0.1, 0.15) is 25.3 Å². The third-order valence-corrected chi connectivity index (χ3v) is 2.08. The third kappa shape index (κ3) is 4.08. The van der Waals surface area contributed by atoms with E-state index in [9.17, 15) is 0 Å². The maximum absolute atomic E-state index is 4.13. The van der Waals surface area contributed by atoms with Gasteiger partial charge in [-0.1, -0.05) is 6.92 Å². The van der Waals surface area contributed by atoms with Crippen molar-refractivity contribution in [3.8, 4) is 0 Å². The van der Waals surface area contributed by atoms with Crippen LogP contribution in [0.4, 0.5) is 0 Å². The van der Waals surface area contributed by atoms with Crippen molar-refractivity contribution in [2.45, 2.75) is 26.2 Å². The van der Waals surface area contributed by atoms with Crippen LogP contribution in [0, 0.1) is 0 Å². The fourth-order valence-electron chi connectivity index (χ4n) is 1.36. The first-order valence-corrected chi connectivity index (χ1v) is 5.01. The molecule has 0 radical (unpaired) electrons. The Balaban J connectivity index is 2.06. The Bertz CT molecular complexity index is 230. The monoisotopic (exact) mass is 181 g/mol. The summed E-state index contributed by atoms with van der Waals surface area (Å²) < 4.78 is 1.86. The zero-order valence-electron chi connectivity index (χ0n) is 8.58. The van der Waals surface area contributed by atoms with E-state index < -0.39 is 0 Å². The van der Waals surface area contributed by atoms with Gasteiger partial charge in [-0.3, -0.25) is 4.68 Å². The molecular formula is C10H19N3. The van der Waals surface area contributed by atoms with Crippen LogP contribution in [0.25, 0.3) is 0 Å². The van der Waals surface area contributed by atoms with Crippen LogP contribution in [0.3, 0.4) is 0 Å². The molecule has 1 rings (SSSR count). The molecule has 1 N–H and O–H groups in total. The molecule has 1 aromatic heterocycles. The highest BCUT2D eigenvalue weighted by Gasteiger charge is 1.95. The fraction of sp³-hybridized carbons (Fsp3) is 0.700. The lowest BCUT2D eigenvalue weighted by atomic mass is 10.1. The maximum atomic E-state index is 4.13. The summed E-state index contributed by atoms with van der Waals surface area (Å²) in [4.78, 5) is 0. The molecule has 74 valence electrons. The molecule has 0 amide bonds. The SMILES string of the molecule is CCNCCCCc1cnn(C)c1. The van der Waals surface area contributed by atoms with Crippen molar-refractivity contribution in [1.29, 1.82) is 0 Å². The van der Waals surface area contributed by atoms with Gasteiger partial charge in [-0.2, -0.15) is 5.10 Å². The van der Waals surface area contributed by atoms with Gasteiger partial charge in [0.25, 0.3) is 0 Å². The van der Waals surface area contributed by atoms with Gasteiger partial charge in [0.2, 0.25) is 0 Å². The molecule has 0 aliphatic heterocycles. The Labute approximate surface area is 80.1 Å². The van der Waals surface area contributed by atoms with Gasteiger partial charge in [0.15, 0.2) is 0 Å². The van der Waals surface area contributed by atoms with Crippen molar-refractivity contribution in [1.82, 2.24) is 15.1 Å². The first-order chi connectivity index (χ1) is 6.33. The van der Waals surface area contributed by atoms with Crippen molar-refractivity contribution >= 4 is 0 Å². The summed E-state index contributed by atoms with van der Waals surface area (Å²) in [6.07, 6.45) is 7.70. The Morgan fingerprint density at radius 3 is 2.92 bits per heavy atom. The van der Waals surface area contributed by atoms with E-state index >= 15 is 0 Å². The second-order valence-electron chi connectivity index (χ2n) is 3.33. The highest BCUT2D eigenvalue weighted by Crippen LogP contribution is 2.02. The lowest BCUT2D eigenvalue weighted by Gasteiger charge is -1.99. The minimum atomic E-state index is 1.08. The topological polar surface area (TPSA) is 29.9 Å². The van der Waals surface area contributed by atoms with Crippen molar-refractivity contribution < 1.29 is 0 Å². The second kappa shape index (κ2) is 5.75. The highest BCUT2D eigenvalue weighted by molar-refractivity contribution is 5.03. The molecule has 1 heterocycles. The molecule has 3 heteroatoms.